The van der Waals surface area contributed by atoms with Crippen molar-refractivity contribution in [3.8, 4) is 5.75 Å². The Kier molecular flexibility index (Phi) is 11.1. The molecule has 272 valence electrons. The highest BCUT2D eigenvalue weighted by Crippen LogP contribution is 2.29. The number of amides is 1. The molecule has 0 bridgehead atoms. The highest BCUT2D eigenvalue weighted by Gasteiger charge is 2.38. The van der Waals surface area contributed by atoms with Crippen molar-refractivity contribution in [2.45, 2.75) is 91.0 Å². The van der Waals surface area contributed by atoms with Crippen LogP contribution >= 0.6 is 0 Å². The first-order valence-corrected chi connectivity index (χ1v) is 17.0. The molecule has 1 N–H and O–H groups in total. The first kappa shape index (κ1) is 36.6. The molecule has 3 atom stereocenters. The fourth-order valence-corrected chi connectivity index (χ4v) is 6.22. The van der Waals surface area contributed by atoms with Gasteiger partial charge in [0.2, 0.25) is 5.95 Å². The summed E-state index contributed by atoms with van der Waals surface area (Å²) >= 11 is 0. The minimum atomic E-state index is -1.07. The van der Waals surface area contributed by atoms with Crippen molar-refractivity contribution in [2.75, 3.05) is 42.6 Å². The molecule has 0 saturated carbocycles. The largest absolute Gasteiger partial charge is 0.487 e. The van der Waals surface area contributed by atoms with Crippen LogP contribution in [0.25, 0.3) is 0 Å². The van der Waals surface area contributed by atoms with Crippen molar-refractivity contribution < 1.29 is 32.6 Å². The van der Waals surface area contributed by atoms with E-state index < -0.39 is 40.9 Å². The van der Waals surface area contributed by atoms with Crippen molar-refractivity contribution >= 4 is 24.0 Å². The van der Waals surface area contributed by atoms with E-state index in [9.17, 15) is 18.4 Å². The predicted octanol–water partition coefficient (Wildman–Crippen LogP) is 4.30. The Morgan fingerprint density at radius 1 is 1.02 bits per heavy atom. The third-order valence-electron chi connectivity index (χ3n) is 9.02. The van der Waals surface area contributed by atoms with Crippen LogP contribution in [0.1, 0.15) is 66.9 Å². The molecule has 2 aromatic heterocycles. The molecule has 0 radical (unpaired) electrons. The van der Waals surface area contributed by atoms with Gasteiger partial charge in [-0.05, 0) is 103 Å². The number of nitrogens with zero attached hydrogens (tertiary/aromatic N) is 8. The lowest BCUT2D eigenvalue weighted by atomic mass is 9.92. The van der Waals surface area contributed by atoms with Crippen molar-refractivity contribution in [1.29, 1.82) is 0 Å². The monoisotopic (exact) mass is 699 g/mol. The maximum absolute atomic E-state index is 14.6. The van der Waals surface area contributed by atoms with Crippen LogP contribution in [-0.2, 0) is 26.2 Å². The minimum Gasteiger partial charge on any atom is -0.487 e. The van der Waals surface area contributed by atoms with Gasteiger partial charge in [-0.25, -0.2) is 28.3 Å². The van der Waals surface area contributed by atoms with Crippen LogP contribution in [0, 0.1) is 23.5 Å². The Hall–Kier alpha value is -4.63. The van der Waals surface area contributed by atoms with Gasteiger partial charge in [0.1, 0.15) is 17.2 Å². The molecule has 4 heterocycles. The van der Waals surface area contributed by atoms with Crippen LogP contribution in [0.15, 0.2) is 30.6 Å². The Morgan fingerprint density at radius 2 is 1.72 bits per heavy atom. The number of alkyl carbamates (subject to hydrolysis) is 1. The second-order valence-electron chi connectivity index (χ2n) is 14.4. The highest BCUT2D eigenvalue weighted by molar-refractivity contribution is 5.77. The smallest absolute Gasteiger partial charge is 0.407 e. The second kappa shape index (κ2) is 15.1. The third kappa shape index (κ3) is 8.93. The number of nitrogens with one attached hydrogen (secondary N) is 1. The number of rotatable bonds is 11. The minimum absolute atomic E-state index is 0.113. The number of halogens is 2. The molecule has 0 aliphatic carbocycles. The first-order valence-electron chi connectivity index (χ1n) is 17.0. The van der Waals surface area contributed by atoms with Crippen molar-refractivity contribution in [3.05, 3.63) is 47.8 Å². The van der Waals surface area contributed by atoms with E-state index in [1.54, 1.807) is 53.9 Å². The fourth-order valence-electron chi connectivity index (χ4n) is 6.22. The predicted molar refractivity (Wildman–Crippen MR) is 180 cm³/mol. The molecular weight excluding hydrogens is 652 g/mol. The summed E-state index contributed by atoms with van der Waals surface area (Å²) < 4.78 is 45.4. The molecule has 14 nitrogen and oxygen atoms in total. The van der Waals surface area contributed by atoms with Crippen LogP contribution in [0.3, 0.4) is 0 Å². The van der Waals surface area contributed by atoms with Gasteiger partial charge in [-0.2, -0.15) is 0 Å². The van der Waals surface area contributed by atoms with E-state index in [-0.39, 0.29) is 36.5 Å². The Labute approximate surface area is 290 Å². The molecule has 2 fully saturated rings. The van der Waals surface area contributed by atoms with Crippen LogP contribution in [0.4, 0.5) is 25.5 Å². The van der Waals surface area contributed by atoms with Gasteiger partial charge in [0.25, 0.3) is 5.95 Å². The van der Waals surface area contributed by atoms with Crippen molar-refractivity contribution in [2.24, 2.45) is 11.8 Å². The van der Waals surface area contributed by atoms with E-state index in [4.69, 9.17) is 14.2 Å². The lowest BCUT2D eigenvalue weighted by molar-refractivity contribution is -0.153. The third-order valence-corrected chi connectivity index (χ3v) is 9.02. The van der Waals surface area contributed by atoms with Crippen LogP contribution in [-0.4, -0.2) is 92.8 Å². The van der Waals surface area contributed by atoms with E-state index in [0.29, 0.717) is 43.8 Å². The Balaban J connectivity index is 1.17. The summed E-state index contributed by atoms with van der Waals surface area (Å²) in [5.41, 5.74) is -1.53. The number of anilines is 2. The zero-order valence-electron chi connectivity index (χ0n) is 29.7. The summed E-state index contributed by atoms with van der Waals surface area (Å²) in [4.78, 5) is 39.4. The topological polar surface area (TPSA) is 150 Å². The molecule has 3 unspecified atom stereocenters. The van der Waals surface area contributed by atoms with E-state index in [2.05, 4.69) is 30.7 Å². The maximum atomic E-state index is 14.6. The molecule has 5 rings (SSSR count). The number of hydrogen-bond donors (Lipinski definition) is 1. The van der Waals surface area contributed by atoms with E-state index >= 15 is 0 Å². The summed E-state index contributed by atoms with van der Waals surface area (Å²) in [7, 11) is 0. The van der Waals surface area contributed by atoms with Crippen molar-refractivity contribution in [3.63, 3.8) is 0 Å². The van der Waals surface area contributed by atoms with Gasteiger partial charge in [0.05, 0.1) is 31.1 Å². The van der Waals surface area contributed by atoms with Gasteiger partial charge in [-0.3, -0.25) is 0 Å². The maximum Gasteiger partial charge on any atom is 0.407 e. The SMILES string of the molecule is CCOC(=O)C(C)(C)n1nnc(N2CCC(C(C)Oc3cnc(N4CC(Cc5cc(F)ccc5F)C(NC(=O)OC(C)(C)C)C4)nc3)CC2)n1. The highest BCUT2D eigenvalue weighted by atomic mass is 19.1. The van der Waals surface area contributed by atoms with Crippen LogP contribution in [0.2, 0.25) is 0 Å². The molecule has 3 aromatic rings. The number of carbonyl (C=O) groups is 2. The van der Waals surface area contributed by atoms with E-state index in [0.717, 1.165) is 25.0 Å². The Bertz CT molecular complexity index is 1620. The van der Waals surface area contributed by atoms with Crippen molar-refractivity contribution in [1.82, 2.24) is 35.5 Å². The molecule has 2 aliphatic rings. The summed E-state index contributed by atoms with van der Waals surface area (Å²) in [5.74, 6) is -0.0206. The summed E-state index contributed by atoms with van der Waals surface area (Å²) in [6.45, 7) is 14.9. The van der Waals surface area contributed by atoms with Gasteiger partial charge in [0.15, 0.2) is 11.3 Å². The Morgan fingerprint density at radius 3 is 2.38 bits per heavy atom. The number of benzene rings is 1. The van der Waals surface area contributed by atoms with E-state index in [1.165, 1.54) is 10.9 Å². The average Bonchev–Trinajstić information content (AvgIpc) is 3.71. The van der Waals surface area contributed by atoms with E-state index in [1.807, 2.05) is 16.7 Å². The lowest BCUT2D eigenvalue weighted by Gasteiger charge is -2.34. The van der Waals surface area contributed by atoms with Gasteiger partial charge >= 0.3 is 12.1 Å². The number of ether oxygens (including phenoxy) is 3. The van der Waals surface area contributed by atoms with Gasteiger partial charge in [0, 0.05) is 32.1 Å². The molecular formula is C34H47F2N9O5. The number of carbonyl (C=O) groups excluding carboxylic acids is 2. The second-order valence-corrected chi connectivity index (χ2v) is 14.4. The zero-order valence-corrected chi connectivity index (χ0v) is 29.7. The standard InChI is InChI=1S/C34H47F2N9O5/c1-8-48-29(46)34(6,7)45-41-31(40-42-45)43-13-11-22(12-14-43)21(2)49-26-17-37-30(38-18-26)44-19-24(15-23-16-25(35)9-10-27(23)36)28(20-44)39-32(47)50-33(3,4)5/h9-10,16-18,21-22,24,28H,8,11-15,19-20H2,1-7H3,(H,39,47). The molecule has 1 amide bonds. The average molecular weight is 700 g/mol. The summed E-state index contributed by atoms with van der Waals surface area (Å²) in [6, 6.07) is 2.97. The molecule has 2 aliphatic heterocycles. The normalized spacial score (nSPS) is 19.3. The molecule has 0 spiro atoms. The van der Waals surface area contributed by atoms with Gasteiger partial charge < -0.3 is 29.3 Å². The summed E-state index contributed by atoms with van der Waals surface area (Å²) in [6.07, 6.45) is 4.43. The molecule has 1 aromatic carbocycles. The molecule has 50 heavy (non-hydrogen) atoms. The number of hydrogen-bond acceptors (Lipinski definition) is 12. The zero-order chi connectivity index (χ0) is 36.2. The number of aromatic nitrogens is 6. The molecule has 2 saturated heterocycles. The van der Waals surface area contributed by atoms with Crippen LogP contribution < -0.4 is 19.9 Å². The van der Waals surface area contributed by atoms with Gasteiger partial charge in [-0.15, -0.1) is 9.90 Å². The number of tetrazole rings is 1. The quantitative estimate of drug-likeness (QED) is 0.285. The van der Waals surface area contributed by atoms with Crippen LogP contribution in [0.5, 0.6) is 5.75 Å². The molecule has 16 heteroatoms. The number of piperidine rings is 1. The lowest BCUT2D eigenvalue weighted by Crippen LogP contribution is -2.43. The fraction of sp³-hybridized carbons (Fsp3) is 0.618. The van der Waals surface area contributed by atoms with Gasteiger partial charge in [-0.1, -0.05) is 5.10 Å². The summed E-state index contributed by atoms with van der Waals surface area (Å²) in [5, 5.41) is 15.7. The first-order chi connectivity index (χ1) is 23.6. The number of esters is 1.